The lowest BCUT2D eigenvalue weighted by atomic mass is 10.0. The first-order chi connectivity index (χ1) is 13.0. The first kappa shape index (κ1) is 19.6. The zero-order valence-electron chi connectivity index (χ0n) is 16.0. The Hall–Kier alpha value is -2.18. The molecule has 1 saturated heterocycles. The quantitative estimate of drug-likeness (QED) is 0.791. The molecule has 144 valence electrons. The van der Waals surface area contributed by atoms with E-state index in [9.17, 15) is 9.59 Å². The topological polar surface area (TPSA) is 53.9 Å². The van der Waals surface area contributed by atoms with E-state index in [-0.39, 0.29) is 18.4 Å². The predicted molar refractivity (Wildman–Crippen MR) is 108 cm³/mol. The Labute approximate surface area is 165 Å². The summed E-state index contributed by atoms with van der Waals surface area (Å²) in [7, 11) is 0. The molecule has 1 fully saturated rings. The third-order valence-corrected chi connectivity index (χ3v) is 5.94. The molecule has 5 nitrogen and oxygen atoms in total. The van der Waals surface area contributed by atoms with Crippen molar-refractivity contribution in [2.45, 2.75) is 26.3 Å². The van der Waals surface area contributed by atoms with E-state index in [1.165, 1.54) is 27.4 Å². The summed E-state index contributed by atoms with van der Waals surface area (Å²) in [6.07, 6.45) is 0. The summed E-state index contributed by atoms with van der Waals surface area (Å²) in [6.45, 7) is 8.85. The number of carbonyl (C=O) groups excluding carboxylic acids is 2. The largest absolute Gasteiger partial charge is 0.342 e. The second-order valence-electron chi connectivity index (χ2n) is 7.36. The van der Waals surface area contributed by atoms with Gasteiger partial charge in [-0.1, -0.05) is 44.2 Å². The molecule has 0 aliphatic carbocycles. The molecule has 0 spiro atoms. The van der Waals surface area contributed by atoms with Crippen molar-refractivity contribution in [2.24, 2.45) is 0 Å². The fourth-order valence-corrected chi connectivity index (χ4v) is 3.96. The minimum atomic E-state index is -0.174. The molecule has 1 aromatic carbocycles. The van der Waals surface area contributed by atoms with Crippen LogP contribution in [0.2, 0.25) is 0 Å². The number of quaternary nitrogens is 1. The molecule has 6 heteroatoms. The van der Waals surface area contributed by atoms with Gasteiger partial charge in [0.05, 0.1) is 37.6 Å². The van der Waals surface area contributed by atoms with Crippen molar-refractivity contribution in [1.82, 2.24) is 10.2 Å². The fourth-order valence-electron chi connectivity index (χ4n) is 3.32. The SMILES string of the molecule is CC(C)c1ccc(C[NH+]2CCN(C(=O)CNC(=O)c3cccs3)CC2)cc1. The number of hydrogen-bond acceptors (Lipinski definition) is 3. The van der Waals surface area contributed by atoms with Crippen molar-refractivity contribution in [3.8, 4) is 0 Å². The number of benzene rings is 1. The van der Waals surface area contributed by atoms with E-state index in [0.717, 1.165) is 32.7 Å². The minimum Gasteiger partial charge on any atom is -0.342 e. The average Bonchev–Trinajstić information content (AvgIpc) is 3.22. The van der Waals surface area contributed by atoms with Gasteiger partial charge in [0.25, 0.3) is 5.91 Å². The van der Waals surface area contributed by atoms with Crippen LogP contribution < -0.4 is 10.2 Å². The molecular formula is C21H28N3O2S+. The molecule has 0 unspecified atom stereocenters. The van der Waals surface area contributed by atoms with Crippen LogP contribution in [0.1, 0.15) is 40.6 Å². The summed E-state index contributed by atoms with van der Waals surface area (Å²) in [5.41, 5.74) is 2.71. The zero-order chi connectivity index (χ0) is 19.2. The molecular weight excluding hydrogens is 358 g/mol. The molecule has 0 atom stereocenters. The van der Waals surface area contributed by atoms with Crippen molar-refractivity contribution in [3.05, 3.63) is 57.8 Å². The molecule has 1 aliphatic heterocycles. The second-order valence-corrected chi connectivity index (χ2v) is 8.31. The van der Waals surface area contributed by atoms with Gasteiger partial charge >= 0.3 is 0 Å². The minimum absolute atomic E-state index is 0.000224. The normalized spacial score (nSPS) is 15.1. The molecule has 0 saturated carbocycles. The van der Waals surface area contributed by atoms with Gasteiger partial charge in [-0.3, -0.25) is 9.59 Å². The lowest BCUT2D eigenvalue weighted by molar-refractivity contribution is -0.917. The Kier molecular flexibility index (Phi) is 6.63. The van der Waals surface area contributed by atoms with Crippen LogP contribution in [0.25, 0.3) is 0 Å². The van der Waals surface area contributed by atoms with Crippen molar-refractivity contribution in [3.63, 3.8) is 0 Å². The number of rotatable bonds is 6. The Balaban J connectivity index is 1.41. The average molecular weight is 387 g/mol. The van der Waals surface area contributed by atoms with Gasteiger partial charge < -0.3 is 15.1 Å². The van der Waals surface area contributed by atoms with E-state index < -0.39 is 0 Å². The van der Waals surface area contributed by atoms with E-state index in [1.54, 1.807) is 6.07 Å². The van der Waals surface area contributed by atoms with Gasteiger partial charge in [-0.05, 0) is 22.9 Å². The van der Waals surface area contributed by atoms with Crippen LogP contribution in [0.15, 0.2) is 41.8 Å². The predicted octanol–water partition coefficient (Wildman–Crippen LogP) is 1.53. The van der Waals surface area contributed by atoms with Crippen molar-refractivity contribution in [1.29, 1.82) is 0 Å². The van der Waals surface area contributed by atoms with Crippen LogP contribution in [0, 0.1) is 0 Å². The zero-order valence-corrected chi connectivity index (χ0v) is 16.8. The molecule has 3 rings (SSSR count). The van der Waals surface area contributed by atoms with Gasteiger partial charge in [-0.25, -0.2) is 0 Å². The lowest BCUT2D eigenvalue weighted by Gasteiger charge is -2.32. The monoisotopic (exact) mass is 386 g/mol. The highest BCUT2D eigenvalue weighted by atomic mass is 32.1. The number of hydrogen-bond donors (Lipinski definition) is 2. The molecule has 2 heterocycles. The van der Waals surface area contributed by atoms with Crippen molar-refractivity contribution in [2.75, 3.05) is 32.7 Å². The van der Waals surface area contributed by atoms with E-state index in [1.807, 2.05) is 16.3 Å². The van der Waals surface area contributed by atoms with Crippen LogP contribution in [-0.2, 0) is 11.3 Å². The van der Waals surface area contributed by atoms with Crippen molar-refractivity contribution < 1.29 is 14.5 Å². The van der Waals surface area contributed by atoms with Crippen LogP contribution in [0.3, 0.4) is 0 Å². The summed E-state index contributed by atoms with van der Waals surface area (Å²) in [6, 6.07) is 12.5. The maximum absolute atomic E-state index is 12.3. The summed E-state index contributed by atoms with van der Waals surface area (Å²) < 4.78 is 0. The Bertz CT molecular complexity index is 748. The van der Waals surface area contributed by atoms with Gasteiger partial charge in [0.15, 0.2) is 0 Å². The molecule has 1 aromatic heterocycles. The van der Waals surface area contributed by atoms with Crippen LogP contribution >= 0.6 is 11.3 Å². The van der Waals surface area contributed by atoms with Crippen LogP contribution in [-0.4, -0.2) is 49.4 Å². The molecule has 1 aliphatic rings. The smallest absolute Gasteiger partial charge is 0.261 e. The van der Waals surface area contributed by atoms with Crippen LogP contribution in [0.5, 0.6) is 0 Å². The highest BCUT2D eigenvalue weighted by Crippen LogP contribution is 2.14. The maximum Gasteiger partial charge on any atom is 0.261 e. The standard InChI is InChI=1S/C21H27N3O2S/c1-16(2)18-7-5-17(6-8-18)15-23-9-11-24(12-10-23)20(25)14-22-21(26)19-4-3-13-27-19/h3-8,13,16H,9-12,14-15H2,1-2H3,(H,22,26)/p+1. The summed E-state index contributed by atoms with van der Waals surface area (Å²) in [5, 5.41) is 4.58. The maximum atomic E-state index is 12.3. The molecule has 27 heavy (non-hydrogen) atoms. The van der Waals surface area contributed by atoms with Crippen LogP contribution in [0.4, 0.5) is 0 Å². The van der Waals surface area contributed by atoms with Gasteiger partial charge in [-0.15, -0.1) is 11.3 Å². The lowest BCUT2D eigenvalue weighted by Crippen LogP contribution is -3.13. The molecule has 2 N–H and O–H groups in total. The first-order valence-corrected chi connectivity index (χ1v) is 10.4. The Morgan fingerprint density at radius 2 is 1.85 bits per heavy atom. The van der Waals surface area contributed by atoms with Gasteiger partial charge in [-0.2, -0.15) is 0 Å². The number of nitrogens with zero attached hydrogens (tertiary/aromatic N) is 1. The Morgan fingerprint density at radius 3 is 2.44 bits per heavy atom. The van der Waals surface area contributed by atoms with E-state index >= 15 is 0 Å². The van der Waals surface area contributed by atoms with Gasteiger partial charge in [0, 0.05) is 5.56 Å². The number of piperazine rings is 1. The third-order valence-electron chi connectivity index (χ3n) is 5.07. The third kappa shape index (κ3) is 5.40. The molecule has 2 aromatic rings. The first-order valence-electron chi connectivity index (χ1n) is 9.55. The number of carbonyl (C=O) groups is 2. The Morgan fingerprint density at radius 1 is 1.15 bits per heavy atom. The summed E-state index contributed by atoms with van der Waals surface area (Å²) in [5.74, 6) is 0.383. The van der Waals surface area contributed by atoms with Gasteiger partial charge in [0.2, 0.25) is 5.91 Å². The molecule has 2 amide bonds. The fraction of sp³-hybridized carbons (Fsp3) is 0.429. The van der Waals surface area contributed by atoms with Crippen molar-refractivity contribution >= 4 is 23.2 Å². The summed E-state index contributed by atoms with van der Waals surface area (Å²) in [4.78, 5) is 28.3. The number of thiophene rings is 1. The number of amides is 2. The summed E-state index contributed by atoms with van der Waals surface area (Å²) >= 11 is 1.38. The van der Waals surface area contributed by atoms with Gasteiger partial charge in [0.1, 0.15) is 6.54 Å². The van der Waals surface area contributed by atoms with E-state index in [2.05, 4.69) is 43.4 Å². The highest BCUT2D eigenvalue weighted by Gasteiger charge is 2.24. The number of nitrogens with one attached hydrogen (secondary N) is 2. The van der Waals surface area contributed by atoms with E-state index in [4.69, 9.17) is 0 Å². The molecule has 0 radical (unpaired) electrons. The molecule has 0 bridgehead atoms. The second kappa shape index (κ2) is 9.15. The highest BCUT2D eigenvalue weighted by molar-refractivity contribution is 7.12. The van der Waals surface area contributed by atoms with E-state index in [0.29, 0.717) is 10.8 Å².